The van der Waals surface area contributed by atoms with Crippen molar-refractivity contribution in [3.05, 3.63) is 54.4 Å². The molecule has 7 nitrogen and oxygen atoms in total. The van der Waals surface area contributed by atoms with Crippen LogP contribution in [0.25, 0.3) is 11.4 Å². The first-order chi connectivity index (χ1) is 13.1. The minimum atomic E-state index is -0.234. The van der Waals surface area contributed by atoms with Crippen LogP contribution in [0.1, 0.15) is 19.2 Å². The third-order valence-electron chi connectivity index (χ3n) is 3.69. The number of nitrogens with one attached hydrogen (secondary N) is 2. The average molecular weight is 366 g/mol. The fourth-order valence-corrected chi connectivity index (χ4v) is 2.37. The molecular formula is C20H22N4O3. The van der Waals surface area contributed by atoms with Gasteiger partial charge < -0.3 is 14.8 Å². The van der Waals surface area contributed by atoms with Crippen LogP contribution in [0.4, 0.5) is 5.69 Å². The Kier molecular flexibility index (Phi) is 6.04. The van der Waals surface area contributed by atoms with Crippen molar-refractivity contribution in [1.82, 2.24) is 15.2 Å². The molecule has 0 aliphatic rings. The lowest BCUT2D eigenvalue weighted by Gasteiger charge is -2.09. The Morgan fingerprint density at radius 3 is 2.30 bits per heavy atom. The van der Waals surface area contributed by atoms with E-state index < -0.39 is 0 Å². The maximum absolute atomic E-state index is 12.1. The highest BCUT2D eigenvalue weighted by molar-refractivity contribution is 5.92. The molecule has 0 aliphatic heterocycles. The Hall–Kier alpha value is -3.35. The van der Waals surface area contributed by atoms with Crippen molar-refractivity contribution in [3.63, 3.8) is 0 Å². The molecule has 140 valence electrons. The van der Waals surface area contributed by atoms with Gasteiger partial charge in [0.15, 0.2) is 12.4 Å². The van der Waals surface area contributed by atoms with E-state index in [1.54, 1.807) is 24.3 Å². The standard InChI is InChI=1S/C20H22N4O3/c1-3-12-26-17-8-10-18(11-9-17)27-13-19(25)22-16-6-4-15(5-7-16)20-21-14(2)23-24-20/h4-11H,3,12-13H2,1-2H3,(H,22,25)(H,21,23,24). The van der Waals surface area contributed by atoms with E-state index in [4.69, 9.17) is 9.47 Å². The molecule has 0 aliphatic carbocycles. The number of aromatic amines is 1. The van der Waals surface area contributed by atoms with Crippen LogP contribution in [0.15, 0.2) is 48.5 Å². The third kappa shape index (κ3) is 5.31. The maximum Gasteiger partial charge on any atom is 0.262 e. The summed E-state index contributed by atoms with van der Waals surface area (Å²) in [5.41, 5.74) is 1.56. The molecule has 0 spiro atoms. The molecule has 0 radical (unpaired) electrons. The molecular weight excluding hydrogens is 344 g/mol. The van der Waals surface area contributed by atoms with Gasteiger partial charge in [-0.25, -0.2) is 4.98 Å². The largest absolute Gasteiger partial charge is 0.494 e. The molecule has 0 fully saturated rings. The van der Waals surface area contributed by atoms with Gasteiger partial charge >= 0.3 is 0 Å². The summed E-state index contributed by atoms with van der Waals surface area (Å²) >= 11 is 0. The van der Waals surface area contributed by atoms with Crippen LogP contribution in [0.5, 0.6) is 11.5 Å². The van der Waals surface area contributed by atoms with Crippen LogP contribution in [-0.4, -0.2) is 34.3 Å². The summed E-state index contributed by atoms with van der Waals surface area (Å²) < 4.78 is 11.0. The third-order valence-corrected chi connectivity index (χ3v) is 3.69. The van der Waals surface area contributed by atoms with Gasteiger partial charge in [-0.15, -0.1) is 0 Å². The molecule has 0 saturated heterocycles. The van der Waals surface area contributed by atoms with Gasteiger partial charge in [0.05, 0.1) is 6.61 Å². The highest BCUT2D eigenvalue weighted by Gasteiger charge is 2.07. The summed E-state index contributed by atoms with van der Waals surface area (Å²) in [6.07, 6.45) is 0.956. The van der Waals surface area contributed by atoms with Crippen molar-refractivity contribution >= 4 is 11.6 Å². The zero-order valence-electron chi connectivity index (χ0n) is 15.4. The minimum absolute atomic E-state index is 0.0724. The quantitative estimate of drug-likeness (QED) is 0.636. The van der Waals surface area contributed by atoms with Crippen LogP contribution >= 0.6 is 0 Å². The van der Waals surface area contributed by atoms with Crippen molar-refractivity contribution < 1.29 is 14.3 Å². The second-order valence-electron chi connectivity index (χ2n) is 5.98. The molecule has 3 rings (SSSR count). The molecule has 27 heavy (non-hydrogen) atoms. The maximum atomic E-state index is 12.1. The number of benzene rings is 2. The smallest absolute Gasteiger partial charge is 0.262 e. The SMILES string of the molecule is CCCOc1ccc(OCC(=O)Nc2ccc(-c3n[nH]c(C)n3)cc2)cc1. The summed E-state index contributed by atoms with van der Waals surface area (Å²) in [7, 11) is 0. The van der Waals surface area contributed by atoms with Crippen molar-refractivity contribution in [2.75, 3.05) is 18.5 Å². The topological polar surface area (TPSA) is 89.1 Å². The number of anilines is 1. The molecule has 7 heteroatoms. The van der Waals surface area contributed by atoms with E-state index in [0.29, 0.717) is 23.9 Å². The summed E-state index contributed by atoms with van der Waals surface area (Å²) in [4.78, 5) is 16.3. The first-order valence-electron chi connectivity index (χ1n) is 8.79. The Bertz CT molecular complexity index is 873. The minimum Gasteiger partial charge on any atom is -0.494 e. The van der Waals surface area contributed by atoms with Crippen molar-refractivity contribution in [1.29, 1.82) is 0 Å². The number of H-pyrrole nitrogens is 1. The number of amides is 1. The summed E-state index contributed by atoms with van der Waals surface area (Å²) in [6, 6.07) is 14.5. The zero-order valence-corrected chi connectivity index (χ0v) is 15.4. The van der Waals surface area contributed by atoms with Crippen LogP contribution in [-0.2, 0) is 4.79 Å². The number of aromatic nitrogens is 3. The fraction of sp³-hybridized carbons (Fsp3) is 0.250. The molecule has 1 aromatic heterocycles. The van der Waals surface area contributed by atoms with Gasteiger partial charge in [0.2, 0.25) is 0 Å². The Labute approximate surface area is 157 Å². The Balaban J connectivity index is 1.49. The molecule has 3 aromatic rings. The number of carbonyl (C=O) groups excluding carboxylic acids is 1. The molecule has 2 aromatic carbocycles. The molecule has 2 N–H and O–H groups in total. The monoisotopic (exact) mass is 366 g/mol. The lowest BCUT2D eigenvalue weighted by atomic mass is 10.2. The number of nitrogens with zero attached hydrogens (tertiary/aromatic N) is 2. The van der Waals surface area contributed by atoms with Gasteiger partial charge in [0.25, 0.3) is 5.91 Å². The van der Waals surface area contributed by atoms with E-state index in [1.807, 2.05) is 31.2 Å². The molecule has 0 unspecified atom stereocenters. The second-order valence-corrected chi connectivity index (χ2v) is 5.98. The number of rotatable bonds is 8. The number of ether oxygens (including phenoxy) is 2. The van der Waals surface area contributed by atoms with Gasteiger partial charge in [-0.2, -0.15) is 5.10 Å². The van der Waals surface area contributed by atoms with Crippen molar-refractivity contribution in [3.8, 4) is 22.9 Å². The second kappa shape index (κ2) is 8.84. The lowest BCUT2D eigenvalue weighted by Crippen LogP contribution is -2.20. The molecule has 1 amide bonds. The van der Waals surface area contributed by atoms with Gasteiger partial charge in [-0.1, -0.05) is 6.92 Å². The van der Waals surface area contributed by atoms with E-state index in [1.165, 1.54) is 0 Å². The van der Waals surface area contributed by atoms with Crippen LogP contribution in [0.2, 0.25) is 0 Å². The van der Waals surface area contributed by atoms with E-state index in [-0.39, 0.29) is 12.5 Å². The Morgan fingerprint density at radius 2 is 1.70 bits per heavy atom. The summed E-state index contributed by atoms with van der Waals surface area (Å²) in [5, 5.41) is 9.71. The van der Waals surface area contributed by atoms with Gasteiger partial charge in [0.1, 0.15) is 17.3 Å². The average Bonchev–Trinajstić information content (AvgIpc) is 3.12. The van der Waals surface area contributed by atoms with E-state index in [9.17, 15) is 4.79 Å². The zero-order chi connectivity index (χ0) is 19.1. The number of carbonyl (C=O) groups is 1. The van der Waals surface area contributed by atoms with Gasteiger partial charge in [-0.05, 0) is 61.9 Å². The lowest BCUT2D eigenvalue weighted by molar-refractivity contribution is -0.118. The highest BCUT2D eigenvalue weighted by atomic mass is 16.5. The molecule has 1 heterocycles. The van der Waals surface area contributed by atoms with E-state index in [2.05, 4.69) is 27.4 Å². The van der Waals surface area contributed by atoms with Gasteiger partial charge in [0, 0.05) is 11.3 Å². The number of aryl methyl sites for hydroxylation is 1. The van der Waals surface area contributed by atoms with Crippen LogP contribution < -0.4 is 14.8 Å². The predicted octanol–water partition coefficient (Wildman–Crippen LogP) is 3.59. The molecule has 0 atom stereocenters. The first-order valence-corrected chi connectivity index (χ1v) is 8.79. The number of hydrogen-bond acceptors (Lipinski definition) is 5. The predicted molar refractivity (Wildman–Crippen MR) is 103 cm³/mol. The van der Waals surface area contributed by atoms with Crippen molar-refractivity contribution in [2.24, 2.45) is 0 Å². The van der Waals surface area contributed by atoms with Crippen molar-refractivity contribution in [2.45, 2.75) is 20.3 Å². The van der Waals surface area contributed by atoms with Crippen LogP contribution in [0, 0.1) is 6.92 Å². The highest BCUT2D eigenvalue weighted by Crippen LogP contribution is 2.19. The Morgan fingerprint density at radius 1 is 1.04 bits per heavy atom. The molecule has 0 bridgehead atoms. The summed E-state index contributed by atoms with van der Waals surface area (Å²) in [6.45, 7) is 4.50. The fourth-order valence-electron chi connectivity index (χ4n) is 2.37. The normalized spacial score (nSPS) is 10.4. The van der Waals surface area contributed by atoms with Crippen LogP contribution in [0.3, 0.4) is 0 Å². The summed E-state index contributed by atoms with van der Waals surface area (Å²) in [5.74, 6) is 2.55. The first kappa shape index (κ1) is 18.4. The van der Waals surface area contributed by atoms with Gasteiger partial charge in [-0.3, -0.25) is 9.89 Å². The number of hydrogen-bond donors (Lipinski definition) is 2. The van der Waals surface area contributed by atoms with E-state index in [0.717, 1.165) is 23.6 Å². The van der Waals surface area contributed by atoms with E-state index >= 15 is 0 Å². The molecule has 0 saturated carbocycles.